The number of thiocarbonyl (C=S) groups is 2. The summed E-state index contributed by atoms with van der Waals surface area (Å²) in [5, 5.41) is 17.1. The van der Waals surface area contributed by atoms with Crippen molar-refractivity contribution in [3.05, 3.63) is 34.4 Å². The number of methoxy groups -OCH3 is 2. The van der Waals surface area contributed by atoms with Gasteiger partial charge in [0.1, 0.15) is 0 Å². The lowest BCUT2D eigenvalue weighted by atomic mass is 10.0. The summed E-state index contributed by atoms with van der Waals surface area (Å²) < 4.78 is 34.5. The highest BCUT2D eigenvalue weighted by atomic mass is 32.1. The van der Waals surface area contributed by atoms with Gasteiger partial charge in [0.2, 0.25) is 25.1 Å². The number of benzene rings is 2. The highest BCUT2D eigenvalue weighted by Gasteiger charge is 2.26. The van der Waals surface area contributed by atoms with Crippen molar-refractivity contribution < 1.29 is 28.4 Å². The van der Waals surface area contributed by atoms with Gasteiger partial charge in [-0.15, -0.1) is 0 Å². The Balaban J connectivity index is 1.60. The van der Waals surface area contributed by atoms with Gasteiger partial charge in [0.05, 0.1) is 26.6 Å². The van der Waals surface area contributed by atoms with E-state index in [1.165, 1.54) is 0 Å². The van der Waals surface area contributed by atoms with Crippen molar-refractivity contribution in [2.75, 3.05) is 55.0 Å². The van der Waals surface area contributed by atoms with Crippen LogP contribution in [0, 0.1) is 0 Å². The number of nitrogens with one attached hydrogen (secondary N) is 2. The molecule has 48 heavy (non-hydrogen) atoms. The van der Waals surface area contributed by atoms with E-state index in [2.05, 4.69) is 48.5 Å². The van der Waals surface area contributed by atoms with Gasteiger partial charge in [-0.1, -0.05) is 13.8 Å². The van der Waals surface area contributed by atoms with Gasteiger partial charge in [0, 0.05) is 50.4 Å². The lowest BCUT2D eigenvalue weighted by molar-refractivity contribution is 0.171. The number of likely N-dealkylation sites (N-methyl/N-ethyl adjacent to an activating group) is 2. The first kappa shape index (κ1) is 36.8. The molecule has 2 atom stereocenters. The third-order valence-electron chi connectivity index (χ3n) is 8.43. The number of fused-ring (bicyclic) bond motifs is 2. The van der Waals surface area contributed by atoms with Crippen LogP contribution in [0.3, 0.4) is 0 Å². The van der Waals surface area contributed by atoms with Gasteiger partial charge >= 0.3 is 0 Å². The predicted molar refractivity (Wildman–Crippen MR) is 197 cm³/mol. The summed E-state index contributed by atoms with van der Waals surface area (Å²) in [5.41, 5.74) is 3.41. The zero-order valence-electron chi connectivity index (χ0n) is 29.2. The molecule has 0 fully saturated rings. The maximum absolute atomic E-state index is 5.81. The summed E-state index contributed by atoms with van der Waals surface area (Å²) in [7, 11) is 7.15. The largest absolute Gasteiger partial charge is 0.492 e. The van der Waals surface area contributed by atoms with E-state index in [0.717, 1.165) is 35.1 Å². The summed E-state index contributed by atoms with van der Waals surface area (Å²) in [4.78, 5) is 4.05. The molecule has 0 spiro atoms. The molecular formula is C34H48N6O6S2. The summed E-state index contributed by atoms with van der Waals surface area (Å²) >= 11 is 11.2. The smallest absolute Gasteiger partial charge is 0.231 e. The highest BCUT2D eigenvalue weighted by molar-refractivity contribution is 7.80. The molecular weight excluding hydrogens is 653 g/mol. The summed E-state index contributed by atoms with van der Waals surface area (Å²) in [6.45, 7) is 10.0. The SMILES string of the molecule is CC[C@@H](C)NC(=S)N(C)CCc1cc2c(c(OC)c1C=NN=Cc1c(CCN(C)C(=S)N[C@H](C)CC)cc3c(c1OC)OCO3)OCO2. The van der Waals surface area contributed by atoms with Gasteiger partial charge in [-0.3, -0.25) is 0 Å². The molecule has 0 amide bonds. The Bertz CT molecular complexity index is 1410. The summed E-state index contributed by atoms with van der Waals surface area (Å²) in [5.74, 6) is 3.41. The molecule has 0 unspecified atom stereocenters. The van der Waals surface area contributed by atoms with Crippen LogP contribution in [0.5, 0.6) is 34.5 Å². The standard InChI is InChI=1S/C34H48N6O6S2/c1-9-21(3)37-33(47)39(5)13-11-23-15-27-31(45-19-43-27)29(41-7)25(23)17-35-36-18-26-24(12-14-40(6)34(48)38-22(4)10-2)16-28-32(30(26)42-8)46-20-44-28/h15-18,21-22H,9-14,19-20H2,1-8H3,(H,37,47)(H,38,48)/t21-,22-/m1/s1. The Morgan fingerprint density at radius 1 is 0.771 bits per heavy atom. The Hall–Kier alpha value is -4.04. The molecule has 0 bridgehead atoms. The maximum Gasteiger partial charge on any atom is 0.231 e. The van der Waals surface area contributed by atoms with Crippen LogP contribution in [0.15, 0.2) is 22.3 Å². The van der Waals surface area contributed by atoms with Gasteiger partial charge in [-0.05, 0) is 87.2 Å². The van der Waals surface area contributed by atoms with E-state index in [1.54, 1.807) is 26.6 Å². The Labute approximate surface area is 294 Å². The quantitative estimate of drug-likeness (QED) is 0.150. The normalized spacial score (nSPS) is 14.2. The lowest BCUT2D eigenvalue weighted by Crippen LogP contribution is -2.42. The minimum atomic E-state index is 0.118. The molecule has 0 saturated heterocycles. The number of ether oxygens (including phenoxy) is 6. The number of nitrogens with zero attached hydrogens (tertiary/aromatic N) is 4. The molecule has 2 aromatic rings. The van der Waals surface area contributed by atoms with Gasteiger partial charge in [0.15, 0.2) is 33.2 Å². The average molecular weight is 701 g/mol. The predicted octanol–water partition coefficient (Wildman–Crippen LogP) is 4.91. The molecule has 0 aliphatic carbocycles. The topological polar surface area (TPSA) is 111 Å². The lowest BCUT2D eigenvalue weighted by Gasteiger charge is -2.24. The first-order chi connectivity index (χ1) is 23.1. The molecule has 12 nitrogen and oxygen atoms in total. The second-order valence-corrected chi connectivity index (χ2v) is 12.6. The fraction of sp³-hybridized carbons (Fsp3) is 0.529. The number of hydrogen-bond acceptors (Lipinski definition) is 10. The van der Waals surface area contributed by atoms with E-state index in [4.69, 9.17) is 52.9 Å². The van der Waals surface area contributed by atoms with Crippen LogP contribution in [0.4, 0.5) is 0 Å². The van der Waals surface area contributed by atoms with E-state index >= 15 is 0 Å². The van der Waals surface area contributed by atoms with Crippen molar-refractivity contribution in [1.82, 2.24) is 20.4 Å². The van der Waals surface area contributed by atoms with Gasteiger partial charge < -0.3 is 48.9 Å². The van der Waals surface area contributed by atoms with E-state index < -0.39 is 0 Å². The Morgan fingerprint density at radius 2 is 1.17 bits per heavy atom. The minimum Gasteiger partial charge on any atom is -0.492 e. The van der Waals surface area contributed by atoms with E-state index in [0.29, 0.717) is 82.7 Å². The van der Waals surface area contributed by atoms with E-state index in [9.17, 15) is 0 Å². The molecule has 0 aromatic heterocycles. The average Bonchev–Trinajstić information content (AvgIpc) is 3.76. The second kappa shape index (κ2) is 17.4. The van der Waals surface area contributed by atoms with Crippen molar-refractivity contribution in [2.24, 2.45) is 10.2 Å². The zero-order chi connectivity index (χ0) is 34.8. The van der Waals surface area contributed by atoms with Crippen LogP contribution in [0.2, 0.25) is 0 Å². The van der Waals surface area contributed by atoms with Crippen molar-refractivity contribution in [3.63, 3.8) is 0 Å². The molecule has 14 heteroatoms. The Kier molecular flexibility index (Phi) is 13.3. The van der Waals surface area contributed by atoms with Gasteiger partial charge in [-0.2, -0.15) is 10.2 Å². The second-order valence-electron chi connectivity index (χ2n) is 11.8. The molecule has 2 aromatic carbocycles. The first-order valence-electron chi connectivity index (χ1n) is 16.2. The summed E-state index contributed by atoms with van der Waals surface area (Å²) in [6.07, 6.45) is 6.61. The first-order valence-corrected chi connectivity index (χ1v) is 17.0. The number of hydrogen-bond donors (Lipinski definition) is 2. The molecule has 2 N–H and O–H groups in total. The van der Waals surface area contributed by atoms with Gasteiger partial charge in [0.25, 0.3) is 0 Å². The molecule has 262 valence electrons. The minimum absolute atomic E-state index is 0.118. The summed E-state index contributed by atoms with van der Waals surface area (Å²) in [6, 6.07) is 4.51. The van der Waals surface area contributed by atoms with Crippen LogP contribution in [0.1, 0.15) is 62.8 Å². The van der Waals surface area contributed by atoms with Crippen LogP contribution >= 0.6 is 24.4 Å². The third-order valence-corrected chi connectivity index (χ3v) is 9.29. The van der Waals surface area contributed by atoms with Crippen molar-refractivity contribution >= 4 is 47.1 Å². The van der Waals surface area contributed by atoms with Crippen LogP contribution < -0.4 is 39.1 Å². The molecule has 2 aliphatic heterocycles. The fourth-order valence-electron chi connectivity index (χ4n) is 5.06. The molecule has 4 rings (SSSR count). The van der Waals surface area contributed by atoms with Crippen LogP contribution in [0.25, 0.3) is 0 Å². The highest BCUT2D eigenvalue weighted by Crippen LogP contribution is 2.46. The van der Waals surface area contributed by atoms with Gasteiger partial charge in [-0.25, -0.2) is 0 Å². The van der Waals surface area contributed by atoms with Crippen molar-refractivity contribution in [2.45, 2.75) is 65.5 Å². The van der Waals surface area contributed by atoms with Crippen molar-refractivity contribution in [1.29, 1.82) is 0 Å². The van der Waals surface area contributed by atoms with Crippen molar-refractivity contribution in [3.8, 4) is 34.5 Å². The number of rotatable bonds is 15. The molecule has 2 aliphatic rings. The Morgan fingerprint density at radius 3 is 1.52 bits per heavy atom. The maximum atomic E-state index is 5.81. The molecule has 2 heterocycles. The fourth-order valence-corrected chi connectivity index (χ4v) is 5.65. The van der Waals surface area contributed by atoms with Crippen LogP contribution in [-0.2, 0) is 12.8 Å². The van der Waals surface area contributed by atoms with E-state index in [1.807, 2.05) is 36.0 Å². The molecule has 0 radical (unpaired) electrons. The van der Waals surface area contributed by atoms with E-state index in [-0.39, 0.29) is 13.6 Å². The monoisotopic (exact) mass is 700 g/mol. The molecule has 0 saturated carbocycles. The van der Waals surface area contributed by atoms with Crippen LogP contribution in [-0.4, -0.2) is 99.5 Å². The zero-order valence-corrected chi connectivity index (χ0v) is 30.8. The third kappa shape index (κ3) is 8.90.